The molecule has 2 aromatic rings. The first-order valence-corrected chi connectivity index (χ1v) is 6.67. The molecule has 0 fully saturated rings. The number of allylic oxidation sites excluding steroid dienone is 1. The zero-order valence-electron chi connectivity index (χ0n) is 11.6. The van der Waals surface area contributed by atoms with Gasteiger partial charge in [-0.2, -0.15) is 0 Å². The molecule has 0 radical (unpaired) electrons. The van der Waals surface area contributed by atoms with E-state index in [4.69, 9.17) is 4.74 Å². The molecule has 0 unspecified atom stereocenters. The first kappa shape index (κ1) is 13.5. The number of aliphatic hydroxyl groups is 1. The fourth-order valence-electron chi connectivity index (χ4n) is 2.69. The van der Waals surface area contributed by atoms with Crippen LogP contribution in [0.15, 0.2) is 36.4 Å². The van der Waals surface area contributed by atoms with E-state index in [0.717, 1.165) is 33.6 Å². The van der Waals surface area contributed by atoms with Gasteiger partial charge in [0.15, 0.2) is 11.5 Å². The molecule has 3 N–H and O–H groups in total. The Balaban J connectivity index is 2.29. The Labute approximate surface area is 122 Å². The Kier molecular flexibility index (Phi) is 3.31. The predicted octanol–water partition coefficient (Wildman–Crippen LogP) is 2.71. The van der Waals surface area contributed by atoms with Gasteiger partial charge in [0, 0.05) is 0 Å². The number of ether oxygens (including phenoxy) is 1. The Bertz CT molecular complexity index is 732. The van der Waals surface area contributed by atoms with Gasteiger partial charge in [-0.25, -0.2) is 0 Å². The smallest absolute Gasteiger partial charge is 0.158 e. The van der Waals surface area contributed by atoms with E-state index in [1.54, 1.807) is 7.11 Å². The van der Waals surface area contributed by atoms with Gasteiger partial charge < -0.3 is 20.1 Å². The van der Waals surface area contributed by atoms with Crippen molar-refractivity contribution in [2.24, 2.45) is 0 Å². The zero-order valence-corrected chi connectivity index (χ0v) is 11.6. The minimum Gasteiger partial charge on any atom is -0.504 e. The first-order chi connectivity index (χ1) is 10.1. The maximum Gasteiger partial charge on any atom is 0.158 e. The molecular formula is C17H16O4. The van der Waals surface area contributed by atoms with Crippen molar-refractivity contribution in [3.8, 4) is 28.4 Å². The Hall–Kier alpha value is -2.46. The molecule has 0 bridgehead atoms. The maximum atomic E-state index is 9.80. The normalized spacial score (nSPS) is 13.0. The number of hydrogen-bond donors (Lipinski definition) is 3. The highest BCUT2D eigenvalue weighted by Crippen LogP contribution is 2.41. The summed E-state index contributed by atoms with van der Waals surface area (Å²) in [5.74, 6) is 0.402. The van der Waals surface area contributed by atoms with Crippen molar-refractivity contribution < 1.29 is 20.1 Å². The van der Waals surface area contributed by atoms with Crippen molar-refractivity contribution in [1.82, 2.24) is 0 Å². The molecule has 0 spiro atoms. The predicted molar refractivity (Wildman–Crippen MR) is 80.5 cm³/mol. The average Bonchev–Trinajstić information content (AvgIpc) is 2.64. The standard InChI is InChI=1S/C17H16O4/c1-21-12-4-5-13-10(6-12)2-3-11(9-18)14-7-16(19)17(20)8-15(13)14/h3-8,18-20H,2,9H2,1H3. The van der Waals surface area contributed by atoms with Gasteiger partial charge in [-0.3, -0.25) is 0 Å². The molecule has 108 valence electrons. The second-order valence-electron chi connectivity index (χ2n) is 5.00. The van der Waals surface area contributed by atoms with E-state index in [-0.39, 0.29) is 18.1 Å². The maximum absolute atomic E-state index is 9.80. The van der Waals surface area contributed by atoms with E-state index in [1.807, 2.05) is 24.3 Å². The Morgan fingerprint density at radius 3 is 2.38 bits per heavy atom. The largest absolute Gasteiger partial charge is 0.504 e. The van der Waals surface area contributed by atoms with Crippen LogP contribution < -0.4 is 4.74 Å². The van der Waals surface area contributed by atoms with Crippen LogP contribution in [0.1, 0.15) is 11.1 Å². The molecule has 4 heteroatoms. The van der Waals surface area contributed by atoms with Gasteiger partial charge in [0.25, 0.3) is 0 Å². The lowest BCUT2D eigenvalue weighted by atomic mass is 9.93. The molecule has 1 aliphatic rings. The van der Waals surface area contributed by atoms with E-state index < -0.39 is 0 Å². The van der Waals surface area contributed by atoms with Crippen molar-refractivity contribution >= 4 is 5.57 Å². The third-order valence-corrected chi connectivity index (χ3v) is 3.80. The van der Waals surface area contributed by atoms with Crippen LogP contribution in [-0.4, -0.2) is 29.0 Å². The van der Waals surface area contributed by atoms with E-state index in [0.29, 0.717) is 6.42 Å². The molecule has 0 atom stereocenters. The van der Waals surface area contributed by atoms with Crippen LogP contribution in [0.25, 0.3) is 16.7 Å². The highest BCUT2D eigenvalue weighted by molar-refractivity contribution is 5.87. The third-order valence-electron chi connectivity index (χ3n) is 3.80. The molecule has 1 aliphatic carbocycles. The van der Waals surface area contributed by atoms with Crippen molar-refractivity contribution in [2.45, 2.75) is 6.42 Å². The lowest BCUT2D eigenvalue weighted by Gasteiger charge is -2.13. The molecule has 2 aromatic carbocycles. The average molecular weight is 284 g/mol. The van der Waals surface area contributed by atoms with E-state index in [2.05, 4.69) is 0 Å². The number of phenols is 2. The summed E-state index contributed by atoms with van der Waals surface area (Å²) >= 11 is 0. The second kappa shape index (κ2) is 5.14. The SMILES string of the molecule is COc1ccc2c(c1)CC=C(CO)c1cc(O)c(O)cc1-2. The molecule has 0 saturated heterocycles. The van der Waals surface area contributed by atoms with Crippen molar-refractivity contribution in [1.29, 1.82) is 0 Å². The summed E-state index contributed by atoms with van der Waals surface area (Å²) in [4.78, 5) is 0. The monoisotopic (exact) mass is 284 g/mol. The van der Waals surface area contributed by atoms with Gasteiger partial charge in [0.05, 0.1) is 13.7 Å². The molecule has 0 heterocycles. The number of aliphatic hydroxyl groups excluding tert-OH is 1. The first-order valence-electron chi connectivity index (χ1n) is 6.67. The topological polar surface area (TPSA) is 69.9 Å². The van der Waals surface area contributed by atoms with Crippen LogP contribution in [0.3, 0.4) is 0 Å². The number of phenolic OH excluding ortho intramolecular Hbond substituents is 2. The van der Waals surface area contributed by atoms with Gasteiger partial charge >= 0.3 is 0 Å². The fourth-order valence-corrected chi connectivity index (χ4v) is 2.69. The van der Waals surface area contributed by atoms with Crippen molar-refractivity contribution in [3.63, 3.8) is 0 Å². The summed E-state index contributed by atoms with van der Waals surface area (Å²) < 4.78 is 5.25. The molecule has 21 heavy (non-hydrogen) atoms. The van der Waals surface area contributed by atoms with E-state index >= 15 is 0 Å². The van der Waals surface area contributed by atoms with Gasteiger partial charge in [0.1, 0.15) is 5.75 Å². The number of methoxy groups -OCH3 is 1. The molecule has 4 nitrogen and oxygen atoms in total. The number of rotatable bonds is 2. The van der Waals surface area contributed by atoms with Crippen LogP contribution in [-0.2, 0) is 6.42 Å². The molecule has 0 aliphatic heterocycles. The van der Waals surface area contributed by atoms with Crippen molar-refractivity contribution in [3.05, 3.63) is 47.5 Å². The summed E-state index contributed by atoms with van der Waals surface area (Å²) in [5, 5.41) is 29.1. The molecule has 0 aromatic heterocycles. The summed E-state index contributed by atoms with van der Waals surface area (Å²) in [6, 6.07) is 8.75. The highest BCUT2D eigenvalue weighted by Gasteiger charge is 2.19. The van der Waals surface area contributed by atoms with Gasteiger partial charge in [0.2, 0.25) is 0 Å². The zero-order chi connectivity index (χ0) is 15.0. The molecule has 3 rings (SSSR count). The molecule has 0 amide bonds. The lowest BCUT2D eigenvalue weighted by Crippen LogP contribution is -1.93. The lowest BCUT2D eigenvalue weighted by molar-refractivity contribution is 0.350. The highest BCUT2D eigenvalue weighted by atomic mass is 16.5. The Morgan fingerprint density at radius 2 is 1.71 bits per heavy atom. The van der Waals surface area contributed by atoms with Crippen LogP contribution in [0.4, 0.5) is 0 Å². The van der Waals surface area contributed by atoms with Gasteiger partial charge in [-0.05, 0) is 58.5 Å². The summed E-state index contributed by atoms with van der Waals surface area (Å²) in [5.41, 5.74) is 4.26. The third kappa shape index (κ3) is 2.23. The fraction of sp³-hybridized carbons (Fsp3) is 0.176. The minimum absolute atomic E-state index is 0.123. The summed E-state index contributed by atoms with van der Waals surface area (Å²) in [6.45, 7) is -0.123. The van der Waals surface area contributed by atoms with Crippen LogP contribution in [0.5, 0.6) is 17.2 Å². The second-order valence-corrected chi connectivity index (χ2v) is 5.00. The summed E-state index contributed by atoms with van der Waals surface area (Å²) in [7, 11) is 1.62. The number of benzene rings is 2. The van der Waals surface area contributed by atoms with Gasteiger partial charge in [-0.1, -0.05) is 12.1 Å². The summed E-state index contributed by atoms with van der Waals surface area (Å²) in [6.07, 6.45) is 2.58. The number of fused-ring (bicyclic) bond motifs is 3. The quantitative estimate of drug-likeness (QED) is 0.742. The van der Waals surface area contributed by atoms with E-state index in [9.17, 15) is 15.3 Å². The van der Waals surface area contributed by atoms with Crippen LogP contribution in [0, 0.1) is 0 Å². The Morgan fingerprint density at radius 1 is 1.00 bits per heavy atom. The molecule has 0 saturated carbocycles. The number of aromatic hydroxyl groups is 2. The van der Waals surface area contributed by atoms with Crippen LogP contribution >= 0.6 is 0 Å². The van der Waals surface area contributed by atoms with Gasteiger partial charge in [-0.15, -0.1) is 0 Å². The minimum atomic E-state index is -0.190. The number of hydrogen-bond acceptors (Lipinski definition) is 4. The van der Waals surface area contributed by atoms with E-state index in [1.165, 1.54) is 12.1 Å². The molecular weight excluding hydrogens is 268 g/mol. The van der Waals surface area contributed by atoms with Crippen molar-refractivity contribution in [2.75, 3.05) is 13.7 Å². The van der Waals surface area contributed by atoms with Crippen LogP contribution in [0.2, 0.25) is 0 Å².